The summed E-state index contributed by atoms with van der Waals surface area (Å²) >= 11 is 0. The molecule has 3 rings (SSSR count). The van der Waals surface area contributed by atoms with E-state index in [9.17, 15) is 14.3 Å². The number of halogens is 1. The van der Waals surface area contributed by atoms with Crippen LogP contribution in [0.1, 0.15) is 61.5 Å². The molecule has 1 aliphatic heterocycles. The second-order valence-corrected chi connectivity index (χ2v) is 9.51. The molecule has 1 aliphatic rings. The number of aliphatic hydroxyl groups is 1. The van der Waals surface area contributed by atoms with Gasteiger partial charge in [0.2, 0.25) is 0 Å². The van der Waals surface area contributed by atoms with Crippen LogP contribution in [-0.4, -0.2) is 54.4 Å². The van der Waals surface area contributed by atoms with Gasteiger partial charge in [-0.05, 0) is 75.8 Å². The molecule has 2 aromatic rings. The van der Waals surface area contributed by atoms with E-state index in [0.717, 1.165) is 42.5 Å². The zero-order valence-electron chi connectivity index (χ0n) is 21.5. The van der Waals surface area contributed by atoms with Crippen molar-refractivity contribution < 1.29 is 23.8 Å². The second kappa shape index (κ2) is 13.5. The maximum Gasteiger partial charge on any atom is 0.306 e. The van der Waals surface area contributed by atoms with Gasteiger partial charge in [-0.3, -0.25) is 9.69 Å². The first-order valence-corrected chi connectivity index (χ1v) is 12.7. The van der Waals surface area contributed by atoms with Crippen molar-refractivity contribution in [3.63, 3.8) is 0 Å². The summed E-state index contributed by atoms with van der Waals surface area (Å²) in [6.07, 6.45) is 2.58. The van der Waals surface area contributed by atoms with Gasteiger partial charge in [-0.1, -0.05) is 35.9 Å². The van der Waals surface area contributed by atoms with Crippen LogP contribution in [0.15, 0.2) is 36.4 Å². The molecule has 2 aromatic carbocycles. The SMILES string of the molecule is [C-]#[N+]c1ccc([C@@H](C)OC[C@H](O)CN2CCC[C@H]2Cc2ccc(C)c(F)c2)c(CCC(=O)OCC)c1. The van der Waals surface area contributed by atoms with Gasteiger partial charge in [-0.15, -0.1) is 0 Å². The van der Waals surface area contributed by atoms with Crippen LogP contribution in [0.5, 0.6) is 0 Å². The van der Waals surface area contributed by atoms with Crippen LogP contribution in [0.25, 0.3) is 4.85 Å². The molecule has 1 saturated heterocycles. The number of aryl methyl sites for hydroxylation is 2. The van der Waals surface area contributed by atoms with Crippen LogP contribution >= 0.6 is 0 Å². The van der Waals surface area contributed by atoms with Crippen molar-refractivity contribution >= 4 is 11.7 Å². The number of esters is 1. The summed E-state index contributed by atoms with van der Waals surface area (Å²) in [5.74, 6) is -0.445. The maximum atomic E-state index is 14.0. The van der Waals surface area contributed by atoms with Crippen molar-refractivity contribution in [1.82, 2.24) is 4.90 Å². The highest BCUT2D eigenvalue weighted by Gasteiger charge is 2.27. The molecule has 7 heteroatoms. The smallest absolute Gasteiger partial charge is 0.306 e. The fraction of sp³-hybridized carbons (Fsp3) is 0.517. The number of nitrogens with zero attached hydrogens (tertiary/aromatic N) is 2. The number of carbonyl (C=O) groups excluding carboxylic acids is 1. The number of carbonyl (C=O) groups is 1. The summed E-state index contributed by atoms with van der Waals surface area (Å²) in [5.41, 5.74) is 3.92. The van der Waals surface area contributed by atoms with E-state index >= 15 is 0 Å². The zero-order valence-corrected chi connectivity index (χ0v) is 21.5. The van der Waals surface area contributed by atoms with E-state index in [0.29, 0.717) is 30.8 Å². The molecule has 36 heavy (non-hydrogen) atoms. The van der Waals surface area contributed by atoms with Crippen LogP contribution in [0.2, 0.25) is 0 Å². The zero-order chi connectivity index (χ0) is 26.1. The van der Waals surface area contributed by atoms with Crippen molar-refractivity contribution in [2.24, 2.45) is 0 Å². The summed E-state index contributed by atoms with van der Waals surface area (Å²) in [6.45, 7) is 14.7. The number of ether oxygens (including phenoxy) is 2. The highest BCUT2D eigenvalue weighted by molar-refractivity contribution is 5.70. The number of aliphatic hydroxyl groups excluding tert-OH is 1. The molecule has 0 unspecified atom stereocenters. The van der Waals surface area contributed by atoms with E-state index in [-0.39, 0.29) is 37.0 Å². The first-order valence-electron chi connectivity index (χ1n) is 12.7. The quantitative estimate of drug-likeness (QED) is 0.318. The molecule has 194 valence electrons. The molecule has 0 aromatic heterocycles. The molecule has 0 aliphatic carbocycles. The molecule has 1 fully saturated rings. The summed E-state index contributed by atoms with van der Waals surface area (Å²) in [6, 6.07) is 11.1. The van der Waals surface area contributed by atoms with Gasteiger partial charge in [0.25, 0.3) is 0 Å². The first-order chi connectivity index (χ1) is 17.3. The normalized spacial score (nSPS) is 17.5. The van der Waals surface area contributed by atoms with Gasteiger partial charge < -0.3 is 14.6 Å². The van der Waals surface area contributed by atoms with E-state index in [4.69, 9.17) is 16.0 Å². The van der Waals surface area contributed by atoms with Gasteiger partial charge in [0.05, 0.1) is 32.0 Å². The Morgan fingerprint density at radius 2 is 2.11 bits per heavy atom. The minimum Gasteiger partial charge on any atom is -0.466 e. The predicted molar refractivity (Wildman–Crippen MR) is 137 cm³/mol. The van der Waals surface area contributed by atoms with E-state index in [2.05, 4.69) is 9.74 Å². The standard InChI is InChI=1S/C29H37FN2O4/c1-5-35-29(34)13-10-23-17-24(31-4)11-12-27(23)21(3)36-19-26(33)18-32-14-6-7-25(32)15-22-9-8-20(2)28(30)16-22/h8-9,11-12,16-17,21,25-26,33H,5-7,10,13-15,18-19H2,1-3H3/t21-,25+,26-/m1/s1. The number of benzene rings is 2. The lowest BCUT2D eigenvalue weighted by Crippen LogP contribution is -2.39. The lowest BCUT2D eigenvalue weighted by atomic mass is 9.98. The third-order valence-corrected chi connectivity index (χ3v) is 6.79. The minimum atomic E-state index is -0.659. The average molecular weight is 497 g/mol. The highest BCUT2D eigenvalue weighted by atomic mass is 19.1. The molecule has 1 heterocycles. The molecule has 0 spiro atoms. The van der Waals surface area contributed by atoms with Crippen LogP contribution in [0.3, 0.4) is 0 Å². The van der Waals surface area contributed by atoms with Crippen molar-refractivity contribution in [2.45, 2.75) is 71.1 Å². The maximum absolute atomic E-state index is 14.0. The molecular weight excluding hydrogens is 459 g/mol. The molecule has 3 atom stereocenters. The molecule has 1 N–H and O–H groups in total. The number of rotatable bonds is 12. The average Bonchev–Trinajstić information content (AvgIpc) is 3.29. The Morgan fingerprint density at radius 1 is 1.31 bits per heavy atom. The molecule has 6 nitrogen and oxygen atoms in total. The summed E-state index contributed by atoms with van der Waals surface area (Å²) in [4.78, 5) is 17.6. The lowest BCUT2D eigenvalue weighted by Gasteiger charge is -2.28. The number of hydrogen-bond acceptors (Lipinski definition) is 5. The van der Waals surface area contributed by atoms with Gasteiger partial charge in [0.1, 0.15) is 5.82 Å². The highest BCUT2D eigenvalue weighted by Crippen LogP contribution is 2.28. The van der Waals surface area contributed by atoms with Crippen molar-refractivity contribution in [3.05, 3.63) is 75.9 Å². The molecule has 0 saturated carbocycles. The molecule has 0 radical (unpaired) electrons. The fourth-order valence-electron chi connectivity index (χ4n) is 4.82. The van der Waals surface area contributed by atoms with Crippen LogP contribution in [-0.2, 0) is 27.1 Å². The summed E-state index contributed by atoms with van der Waals surface area (Å²) < 4.78 is 25.0. The Hall–Kier alpha value is -2.79. The van der Waals surface area contributed by atoms with Gasteiger partial charge in [-0.25, -0.2) is 9.24 Å². The van der Waals surface area contributed by atoms with Crippen molar-refractivity contribution in [1.29, 1.82) is 0 Å². The van der Waals surface area contributed by atoms with Crippen molar-refractivity contribution in [2.75, 3.05) is 26.3 Å². The number of hydrogen-bond donors (Lipinski definition) is 1. The molecular formula is C29H37FN2O4. The van der Waals surface area contributed by atoms with E-state index < -0.39 is 6.10 Å². The van der Waals surface area contributed by atoms with Gasteiger partial charge in [0.15, 0.2) is 5.69 Å². The number of β-amino-alcohol motifs (C(OH)–C–C–N with tert-alkyl or cyclic N) is 1. The van der Waals surface area contributed by atoms with Crippen LogP contribution in [0, 0.1) is 19.3 Å². The topological polar surface area (TPSA) is 63.4 Å². The van der Waals surface area contributed by atoms with Crippen LogP contribution in [0.4, 0.5) is 10.1 Å². The van der Waals surface area contributed by atoms with E-state index in [1.165, 1.54) is 0 Å². The van der Waals surface area contributed by atoms with E-state index in [1.807, 2.05) is 25.1 Å². The Balaban J connectivity index is 1.55. The summed E-state index contributed by atoms with van der Waals surface area (Å²) in [5, 5.41) is 10.7. The Bertz CT molecular complexity index is 1070. The predicted octanol–water partition coefficient (Wildman–Crippen LogP) is 5.33. The first kappa shape index (κ1) is 27.8. The largest absolute Gasteiger partial charge is 0.466 e. The Kier molecular flexibility index (Phi) is 10.4. The monoisotopic (exact) mass is 496 g/mol. The minimum absolute atomic E-state index is 0.172. The third-order valence-electron chi connectivity index (χ3n) is 6.79. The second-order valence-electron chi connectivity index (χ2n) is 9.51. The van der Waals surface area contributed by atoms with Gasteiger partial charge >= 0.3 is 5.97 Å². The van der Waals surface area contributed by atoms with Crippen molar-refractivity contribution in [3.8, 4) is 0 Å². The lowest BCUT2D eigenvalue weighted by molar-refractivity contribution is -0.143. The van der Waals surface area contributed by atoms with Gasteiger partial charge in [0, 0.05) is 19.0 Å². The van der Waals surface area contributed by atoms with E-state index in [1.54, 1.807) is 32.0 Å². The number of likely N-dealkylation sites (tertiary alicyclic amines) is 1. The Labute approximate surface area is 213 Å². The molecule has 0 bridgehead atoms. The third kappa shape index (κ3) is 7.86. The Morgan fingerprint density at radius 3 is 2.83 bits per heavy atom. The van der Waals surface area contributed by atoms with Gasteiger partial charge in [-0.2, -0.15) is 0 Å². The molecule has 0 amide bonds. The van der Waals surface area contributed by atoms with Crippen LogP contribution < -0.4 is 0 Å². The summed E-state index contributed by atoms with van der Waals surface area (Å²) in [7, 11) is 0. The fourth-order valence-corrected chi connectivity index (χ4v) is 4.82.